The van der Waals surface area contributed by atoms with Crippen LogP contribution in [-0.2, 0) is 16.6 Å². The van der Waals surface area contributed by atoms with Crippen LogP contribution in [-0.4, -0.2) is 24.9 Å². The quantitative estimate of drug-likeness (QED) is 0.752. The van der Waals surface area contributed by atoms with Crippen LogP contribution in [0.4, 0.5) is 5.82 Å². The number of aromatic nitrogens is 2. The number of fused-ring (bicyclic) bond motifs is 1. The van der Waals surface area contributed by atoms with Gasteiger partial charge in [0, 0.05) is 24.7 Å². The molecule has 0 saturated heterocycles. The van der Waals surface area contributed by atoms with E-state index in [9.17, 15) is 8.42 Å². The second-order valence-electron chi connectivity index (χ2n) is 4.35. The summed E-state index contributed by atoms with van der Waals surface area (Å²) < 4.78 is 29.3. The fourth-order valence-electron chi connectivity index (χ4n) is 2.04. The van der Waals surface area contributed by atoms with E-state index in [1.165, 1.54) is 11.3 Å². The first-order chi connectivity index (χ1) is 10.1. The van der Waals surface area contributed by atoms with Crippen molar-refractivity contribution in [1.82, 2.24) is 14.1 Å². The minimum Gasteiger partial charge on any atom is -0.371 e. The zero-order valence-corrected chi connectivity index (χ0v) is 12.9. The maximum Gasteiger partial charge on any atom is 0.260 e. The highest BCUT2D eigenvalue weighted by atomic mass is 32.2. The van der Waals surface area contributed by atoms with Gasteiger partial charge in [-0.05, 0) is 23.6 Å². The van der Waals surface area contributed by atoms with E-state index >= 15 is 0 Å². The highest BCUT2D eigenvalue weighted by Crippen LogP contribution is 2.22. The average Bonchev–Trinajstić information content (AvgIpc) is 3.12. The molecule has 0 aliphatic rings. The molecular weight excluding hydrogens is 308 g/mol. The molecule has 110 valence electrons. The fraction of sp³-hybridized carbons (Fsp3) is 0.154. The molecule has 0 amide bonds. The molecule has 21 heavy (non-hydrogen) atoms. The largest absolute Gasteiger partial charge is 0.371 e. The number of thiophene rings is 1. The lowest BCUT2D eigenvalue weighted by molar-refractivity contribution is 0.577. The number of nitrogens with one attached hydrogen (secondary N) is 2. The Kier molecular flexibility index (Phi) is 3.66. The van der Waals surface area contributed by atoms with Crippen molar-refractivity contribution in [2.24, 2.45) is 0 Å². The van der Waals surface area contributed by atoms with Gasteiger partial charge in [-0.3, -0.25) is 4.40 Å². The topological polar surface area (TPSA) is 75.5 Å². The molecule has 8 heteroatoms. The summed E-state index contributed by atoms with van der Waals surface area (Å²) in [6, 6.07) is 9.13. The van der Waals surface area contributed by atoms with E-state index in [2.05, 4.69) is 15.0 Å². The van der Waals surface area contributed by atoms with Crippen molar-refractivity contribution in [3.8, 4) is 0 Å². The van der Waals surface area contributed by atoms with Crippen molar-refractivity contribution in [3.63, 3.8) is 0 Å². The first-order valence-electron chi connectivity index (χ1n) is 6.29. The molecule has 0 saturated carbocycles. The van der Waals surface area contributed by atoms with Gasteiger partial charge < -0.3 is 5.32 Å². The Labute approximate surface area is 126 Å². The first kappa shape index (κ1) is 14.1. The van der Waals surface area contributed by atoms with Crippen LogP contribution < -0.4 is 10.0 Å². The van der Waals surface area contributed by atoms with Crippen LogP contribution in [0.1, 0.15) is 4.88 Å². The minimum absolute atomic E-state index is 0.122. The third kappa shape index (κ3) is 2.65. The molecule has 0 unspecified atom stereocenters. The molecular formula is C13H14N4O2S2. The van der Waals surface area contributed by atoms with Crippen LogP contribution in [0.15, 0.2) is 46.9 Å². The Bertz CT molecular complexity index is 854. The lowest BCUT2D eigenvalue weighted by Gasteiger charge is -2.07. The second-order valence-corrected chi connectivity index (χ2v) is 7.06. The van der Waals surface area contributed by atoms with Crippen molar-refractivity contribution in [2.45, 2.75) is 11.6 Å². The van der Waals surface area contributed by atoms with Crippen molar-refractivity contribution in [2.75, 3.05) is 12.4 Å². The van der Waals surface area contributed by atoms with Crippen molar-refractivity contribution in [1.29, 1.82) is 0 Å². The molecule has 3 rings (SSSR count). The Balaban J connectivity index is 2.01. The first-order valence-corrected chi connectivity index (χ1v) is 8.65. The molecule has 0 radical (unpaired) electrons. The van der Waals surface area contributed by atoms with Crippen LogP contribution >= 0.6 is 11.3 Å². The fourth-order valence-corrected chi connectivity index (χ4v) is 4.07. The van der Waals surface area contributed by atoms with Gasteiger partial charge in [-0.15, -0.1) is 11.3 Å². The number of anilines is 1. The van der Waals surface area contributed by atoms with E-state index in [0.717, 1.165) is 4.88 Å². The van der Waals surface area contributed by atoms with Crippen LogP contribution in [0, 0.1) is 0 Å². The number of nitrogens with zero attached hydrogens (tertiary/aromatic N) is 2. The molecule has 0 bridgehead atoms. The summed E-state index contributed by atoms with van der Waals surface area (Å²) >= 11 is 1.51. The highest BCUT2D eigenvalue weighted by molar-refractivity contribution is 7.89. The number of sulfonamides is 1. The van der Waals surface area contributed by atoms with E-state index in [0.29, 0.717) is 11.5 Å². The minimum atomic E-state index is -3.67. The summed E-state index contributed by atoms with van der Waals surface area (Å²) in [4.78, 5) is 5.23. The second kappa shape index (κ2) is 5.47. The molecule has 2 N–H and O–H groups in total. The number of rotatable bonds is 5. The Morgan fingerprint density at radius 3 is 2.86 bits per heavy atom. The molecule has 0 atom stereocenters. The summed E-state index contributed by atoms with van der Waals surface area (Å²) in [5.41, 5.74) is 0.582. The zero-order chi connectivity index (χ0) is 14.9. The molecule has 0 spiro atoms. The molecule has 0 fully saturated rings. The molecule has 6 nitrogen and oxygen atoms in total. The van der Waals surface area contributed by atoms with Crippen LogP contribution in [0.5, 0.6) is 0 Å². The van der Waals surface area contributed by atoms with E-state index in [1.54, 1.807) is 29.8 Å². The van der Waals surface area contributed by atoms with E-state index in [1.807, 2.05) is 23.6 Å². The van der Waals surface area contributed by atoms with E-state index < -0.39 is 10.0 Å². The predicted octanol–water partition coefficient (Wildman–Crippen LogP) is 1.92. The smallest absolute Gasteiger partial charge is 0.260 e. The molecule has 0 aliphatic heterocycles. The van der Waals surface area contributed by atoms with Crippen molar-refractivity contribution in [3.05, 3.63) is 46.8 Å². The third-order valence-electron chi connectivity index (χ3n) is 2.99. The van der Waals surface area contributed by atoms with Gasteiger partial charge in [-0.2, -0.15) is 0 Å². The lowest BCUT2D eigenvalue weighted by Crippen LogP contribution is -2.25. The van der Waals surface area contributed by atoms with Gasteiger partial charge in [0.2, 0.25) is 0 Å². The molecule has 0 aliphatic carbocycles. The summed E-state index contributed by atoms with van der Waals surface area (Å²) in [5, 5.41) is 4.87. The van der Waals surface area contributed by atoms with Crippen molar-refractivity contribution >= 4 is 32.8 Å². The monoisotopic (exact) mass is 322 g/mol. The van der Waals surface area contributed by atoms with Crippen LogP contribution in [0.3, 0.4) is 0 Å². The van der Waals surface area contributed by atoms with Gasteiger partial charge >= 0.3 is 0 Å². The Morgan fingerprint density at radius 1 is 1.29 bits per heavy atom. The molecule has 0 aromatic carbocycles. The average molecular weight is 322 g/mol. The number of hydrogen-bond acceptors (Lipinski definition) is 5. The third-order valence-corrected chi connectivity index (χ3v) is 5.29. The summed E-state index contributed by atoms with van der Waals surface area (Å²) in [6.07, 6.45) is 1.68. The summed E-state index contributed by atoms with van der Waals surface area (Å²) in [6.45, 7) is 0.267. The van der Waals surface area contributed by atoms with Gasteiger partial charge in [0.15, 0.2) is 10.8 Å². The predicted molar refractivity (Wildman–Crippen MR) is 83.1 cm³/mol. The van der Waals surface area contributed by atoms with Crippen LogP contribution in [0.25, 0.3) is 5.65 Å². The van der Waals surface area contributed by atoms with Gasteiger partial charge in [0.05, 0.1) is 0 Å². The molecule has 3 heterocycles. The van der Waals surface area contributed by atoms with E-state index in [-0.39, 0.29) is 11.6 Å². The Morgan fingerprint density at radius 2 is 2.14 bits per heavy atom. The number of pyridine rings is 1. The van der Waals surface area contributed by atoms with Gasteiger partial charge in [0.25, 0.3) is 10.0 Å². The van der Waals surface area contributed by atoms with Crippen molar-refractivity contribution < 1.29 is 8.42 Å². The molecule has 3 aromatic rings. The zero-order valence-electron chi connectivity index (χ0n) is 11.3. The summed E-state index contributed by atoms with van der Waals surface area (Å²) in [5.74, 6) is 0.333. The summed E-state index contributed by atoms with van der Waals surface area (Å²) in [7, 11) is -2.01. The van der Waals surface area contributed by atoms with Gasteiger partial charge in [0.1, 0.15) is 5.65 Å². The van der Waals surface area contributed by atoms with Gasteiger partial charge in [-0.1, -0.05) is 12.1 Å². The lowest BCUT2D eigenvalue weighted by atomic mass is 10.5. The number of imidazole rings is 1. The number of hydrogen-bond donors (Lipinski definition) is 2. The SMILES string of the molecule is CNc1nc2ccccn2c1S(=O)(=O)NCc1cccs1. The Hall–Kier alpha value is -1.90. The van der Waals surface area contributed by atoms with Crippen LogP contribution in [0.2, 0.25) is 0 Å². The normalized spacial score (nSPS) is 11.9. The van der Waals surface area contributed by atoms with Gasteiger partial charge in [-0.25, -0.2) is 18.1 Å². The maximum atomic E-state index is 12.6. The van der Waals surface area contributed by atoms with E-state index in [4.69, 9.17) is 0 Å². The molecule has 3 aromatic heterocycles. The standard InChI is InChI=1S/C13H14N4O2S2/c1-14-12-13(17-7-3-2-6-11(17)16-12)21(18,19)15-9-10-5-4-8-20-10/h2-8,14-15H,9H2,1H3. The highest BCUT2D eigenvalue weighted by Gasteiger charge is 2.24. The maximum absolute atomic E-state index is 12.6.